The third kappa shape index (κ3) is 5.61. The molecule has 112 valence electrons. The van der Waals surface area contributed by atoms with Crippen LogP contribution >= 0.6 is 0 Å². The van der Waals surface area contributed by atoms with Gasteiger partial charge in [-0.05, 0) is 30.5 Å². The fourth-order valence-electron chi connectivity index (χ4n) is 2.07. The lowest BCUT2D eigenvalue weighted by Gasteiger charge is -2.21. The molecule has 0 atom stereocenters. The smallest absolute Gasteiger partial charge is 0.222 e. The zero-order valence-electron chi connectivity index (χ0n) is 12.6. The minimum absolute atomic E-state index is 0.194. The van der Waals surface area contributed by atoms with Crippen LogP contribution in [-0.2, 0) is 11.2 Å². The van der Waals surface area contributed by atoms with Crippen molar-refractivity contribution in [1.82, 2.24) is 4.90 Å². The van der Waals surface area contributed by atoms with E-state index in [2.05, 4.69) is 6.92 Å². The van der Waals surface area contributed by atoms with E-state index in [9.17, 15) is 4.79 Å². The lowest BCUT2D eigenvalue weighted by molar-refractivity contribution is -0.131. The monoisotopic (exact) mass is 278 g/mol. The molecule has 1 aromatic carbocycles. The first kappa shape index (κ1) is 16.5. The maximum atomic E-state index is 12.2. The fourth-order valence-corrected chi connectivity index (χ4v) is 2.07. The average molecular weight is 278 g/mol. The molecule has 1 aromatic rings. The predicted octanol–water partition coefficient (Wildman–Crippen LogP) is 2.22. The van der Waals surface area contributed by atoms with Crippen LogP contribution in [0, 0.1) is 0 Å². The van der Waals surface area contributed by atoms with Gasteiger partial charge in [0, 0.05) is 26.1 Å². The van der Waals surface area contributed by atoms with Crippen molar-refractivity contribution >= 4 is 5.91 Å². The van der Waals surface area contributed by atoms with Gasteiger partial charge in [0.1, 0.15) is 5.75 Å². The van der Waals surface area contributed by atoms with E-state index in [-0.39, 0.29) is 5.91 Å². The van der Waals surface area contributed by atoms with Crippen LogP contribution in [0.2, 0.25) is 0 Å². The number of nitrogens with two attached hydrogens (primary N) is 1. The third-order valence-corrected chi connectivity index (χ3v) is 3.32. The summed E-state index contributed by atoms with van der Waals surface area (Å²) in [5, 5.41) is 0. The third-order valence-electron chi connectivity index (χ3n) is 3.32. The molecule has 0 spiro atoms. The molecule has 4 heteroatoms. The molecular formula is C16H26N2O2. The molecule has 0 aliphatic rings. The van der Waals surface area contributed by atoms with Crippen molar-refractivity contribution in [3.8, 4) is 5.75 Å². The Morgan fingerprint density at radius 2 is 1.95 bits per heavy atom. The van der Waals surface area contributed by atoms with Crippen LogP contribution in [0.4, 0.5) is 0 Å². The molecule has 4 nitrogen and oxygen atoms in total. The number of hydrogen-bond donors (Lipinski definition) is 1. The van der Waals surface area contributed by atoms with Gasteiger partial charge in [-0.25, -0.2) is 0 Å². The maximum absolute atomic E-state index is 12.2. The van der Waals surface area contributed by atoms with Gasteiger partial charge < -0.3 is 15.4 Å². The van der Waals surface area contributed by atoms with Crippen LogP contribution in [0.25, 0.3) is 0 Å². The summed E-state index contributed by atoms with van der Waals surface area (Å²) in [4.78, 5) is 14.1. The Labute approximate surface area is 121 Å². The molecule has 0 aromatic heterocycles. The van der Waals surface area contributed by atoms with Crippen molar-refractivity contribution in [2.45, 2.75) is 32.6 Å². The van der Waals surface area contributed by atoms with Crippen LogP contribution in [0.3, 0.4) is 0 Å². The summed E-state index contributed by atoms with van der Waals surface area (Å²) in [6, 6.07) is 7.86. The first-order chi connectivity index (χ1) is 9.71. The second-order valence-corrected chi connectivity index (χ2v) is 4.87. The lowest BCUT2D eigenvalue weighted by Crippen LogP contribution is -2.36. The van der Waals surface area contributed by atoms with Gasteiger partial charge in [-0.1, -0.05) is 25.5 Å². The number of aryl methyl sites for hydroxylation is 1. The zero-order chi connectivity index (χ0) is 14.8. The normalized spacial score (nSPS) is 10.3. The van der Waals surface area contributed by atoms with Crippen molar-refractivity contribution < 1.29 is 9.53 Å². The highest BCUT2D eigenvalue weighted by Gasteiger charge is 2.11. The van der Waals surface area contributed by atoms with E-state index >= 15 is 0 Å². The molecule has 0 bridgehead atoms. The van der Waals surface area contributed by atoms with E-state index in [0.29, 0.717) is 19.5 Å². The molecule has 0 heterocycles. The number of nitrogens with zero attached hydrogens (tertiary/aromatic N) is 1. The number of benzene rings is 1. The summed E-state index contributed by atoms with van der Waals surface area (Å²) in [6.45, 7) is 4.12. The van der Waals surface area contributed by atoms with Gasteiger partial charge in [0.15, 0.2) is 0 Å². The standard InChI is InChI=1S/C16H26N2O2/c1-3-4-12-18(13-11-17)16(19)10-7-14-5-8-15(20-2)9-6-14/h5-6,8-9H,3-4,7,10-13,17H2,1-2H3. The van der Waals surface area contributed by atoms with Crippen LogP contribution in [0.15, 0.2) is 24.3 Å². The highest BCUT2D eigenvalue weighted by molar-refractivity contribution is 5.76. The Kier molecular flexibility index (Phi) is 7.73. The second-order valence-electron chi connectivity index (χ2n) is 4.87. The van der Waals surface area contributed by atoms with Gasteiger partial charge in [0.2, 0.25) is 5.91 Å². The van der Waals surface area contributed by atoms with Crippen molar-refractivity contribution in [2.75, 3.05) is 26.7 Å². The topological polar surface area (TPSA) is 55.6 Å². The Morgan fingerprint density at radius 3 is 2.50 bits per heavy atom. The molecule has 1 amide bonds. The molecular weight excluding hydrogens is 252 g/mol. The largest absolute Gasteiger partial charge is 0.497 e. The minimum atomic E-state index is 0.194. The minimum Gasteiger partial charge on any atom is -0.497 e. The summed E-state index contributed by atoms with van der Waals surface area (Å²) in [5.74, 6) is 1.03. The molecule has 1 rings (SSSR count). The molecule has 0 radical (unpaired) electrons. The van der Waals surface area contributed by atoms with Crippen molar-refractivity contribution in [3.63, 3.8) is 0 Å². The van der Waals surface area contributed by atoms with Crippen LogP contribution in [0.1, 0.15) is 31.7 Å². The van der Waals surface area contributed by atoms with E-state index in [0.717, 1.165) is 37.1 Å². The Bertz CT molecular complexity index is 390. The molecule has 0 saturated heterocycles. The van der Waals surface area contributed by atoms with Crippen LogP contribution < -0.4 is 10.5 Å². The van der Waals surface area contributed by atoms with Crippen molar-refractivity contribution in [2.24, 2.45) is 5.73 Å². The first-order valence-electron chi connectivity index (χ1n) is 7.32. The van der Waals surface area contributed by atoms with Gasteiger partial charge in [0.05, 0.1) is 7.11 Å². The number of rotatable bonds is 9. The molecule has 20 heavy (non-hydrogen) atoms. The highest BCUT2D eigenvalue weighted by atomic mass is 16.5. The Hall–Kier alpha value is -1.55. The second kappa shape index (κ2) is 9.37. The number of methoxy groups -OCH3 is 1. The van der Waals surface area contributed by atoms with Gasteiger partial charge in [-0.15, -0.1) is 0 Å². The quantitative estimate of drug-likeness (QED) is 0.753. The number of unbranched alkanes of at least 4 members (excludes halogenated alkanes) is 1. The van der Waals surface area contributed by atoms with Crippen molar-refractivity contribution in [1.29, 1.82) is 0 Å². The fraction of sp³-hybridized carbons (Fsp3) is 0.562. The molecule has 0 aliphatic carbocycles. The molecule has 0 fully saturated rings. The number of carbonyl (C=O) groups excluding carboxylic acids is 1. The summed E-state index contributed by atoms with van der Waals surface area (Å²) in [7, 11) is 1.65. The highest BCUT2D eigenvalue weighted by Crippen LogP contribution is 2.13. The Balaban J connectivity index is 2.46. The number of carbonyl (C=O) groups is 1. The average Bonchev–Trinajstić information content (AvgIpc) is 2.49. The van der Waals surface area contributed by atoms with Gasteiger partial charge in [-0.2, -0.15) is 0 Å². The van der Waals surface area contributed by atoms with E-state index in [1.165, 1.54) is 0 Å². The van der Waals surface area contributed by atoms with Gasteiger partial charge in [0.25, 0.3) is 0 Å². The SMILES string of the molecule is CCCCN(CCN)C(=O)CCc1ccc(OC)cc1. The number of hydrogen-bond acceptors (Lipinski definition) is 3. The first-order valence-corrected chi connectivity index (χ1v) is 7.32. The summed E-state index contributed by atoms with van der Waals surface area (Å²) < 4.78 is 5.12. The van der Waals surface area contributed by atoms with E-state index < -0.39 is 0 Å². The number of ether oxygens (including phenoxy) is 1. The summed E-state index contributed by atoms with van der Waals surface area (Å²) in [5.41, 5.74) is 6.73. The molecule has 0 unspecified atom stereocenters. The summed E-state index contributed by atoms with van der Waals surface area (Å²) in [6.07, 6.45) is 3.42. The van der Waals surface area contributed by atoms with Gasteiger partial charge in [-0.3, -0.25) is 4.79 Å². The predicted molar refractivity (Wildman–Crippen MR) is 81.9 cm³/mol. The lowest BCUT2D eigenvalue weighted by atomic mass is 10.1. The van der Waals surface area contributed by atoms with Gasteiger partial charge >= 0.3 is 0 Å². The molecule has 0 aliphatic heterocycles. The van der Waals surface area contributed by atoms with Crippen LogP contribution in [-0.4, -0.2) is 37.6 Å². The van der Waals surface area contributed by atoms with E-state index in [1.807, 2.05) is 29.2 Å². The summed E-state index contributed by atoms with van der Waals surface area (Å²) >= 11 is 0. The van der Waals surface area contributed by atoms with E-state index in [1.54, 1.807) is 7.11 Å². The maximum Gasteiger partial charge on any atom is 0.222 e. The Morgan fingerprint density at radius 1 is 1.25 bits per heavy atom. The zero-order valence-corrected chi connectivity index (χ0v) is 12.6. The van der Waals surface area contributed by atoms with E-state index in [4.69, 9.17) is 10.5 Å². The van der Waals surface area contributed by atoms with Crippen LogP contribution in [0.5, 0.6) is 5.75 Å². The molecule has 0 saturated carbocycles. The number of amides is 1. The van der Waals surface area contributed by atoms with Crippen molar-refractivity contribution in [3.05, 3.63) is 29.8 Å². The molecule has 2 N–H and O–H groups in total.